The maximum absolute atomic E-state index is 12.4. The fourth-order valence-electron chi connectivity index (χ4n) is 2.67. The smallest absolute Gasteiger partial charge is 0.308 e. The van der Waals surface area contributed by atoms with Crippen LogP contribution in [0, 0.1) is 6.92 Å². The lowest BCUT2D eigenvalue weighted by atomic mass is 10.0. The third-order valence-corrected chi connectivity index (χ3v) is 4.11. The van der Waals surface area contributed by atoms with Gasteiger partial charge in [0, 0.05) is 0 Å². The summed E-state index contributed by atoms with van der Waals surface area (Å²) in [4.78, 5) is 36.4. The number of benzene rings is 2. The third-order valence-electron chi connectivity index (χ3n) is 4.11. The van der Waals surface area contributed by atoms with Gasteiger partial charge in [-0.25, -0.2) is 0 Å². The van der Waals surface area contributed by atoms with Crippen LogP contribution in [0.5, 0.6) is 5.75 Å². The van der Waals surface area contributed by atoms with Crippen molar-refractivity contribution in [2.75, 3.05) is 13.2 Å². The fourth-order valence-corrected chi connectivity index (χ4v) is 2.67. The Bertz CT molecular complexity index is 834. The number of aryl methyl sites for hydroxylation is 1. The molecule has 0 aliphatic carbocycles. The van der Waals surface area contributed by atoms with Crippen molar-refractivity contribution in [2.45, 2.75) is 39.3 Å². The van der Waals surface area contributed by atoms with E-state index in [1.165, 1.54) is 0 Å². The lowest BCUT2D eigenvalue weighted by Crippen LogP contribution is -2.40. The molecule has 0 heterocycles. The summed E-state index contributed by atoms with van der Waals surface area (Å²) in [6, 6.07) is 15.9. The highest BCUT2D eigenvalue weighted by Crippen LogP contribution is 2.18. The summed E-state index contributed by atoms with van der Waals surface area (Å²) in [5.41, 5.74) is 1.85. The number of carbonyl (C=O) groups excluding carboxylic acids is 3. The number of hydrogen-bond donors (Lipinski definition) is 2. The van der Waals surface area contributed by atoms with E-state index in [1.807, 2.05) is 37.3 Å². The Hall–Kier alpha value is -3.35. The maximum atomic E-state index is 12.4. The van der Waals surface area contributed by atoms with Gasteiger partial charge in [0.2, 0.25) is 5.91 Å². The highest BCUT2D eigenvalue weighted by molar-refractivity contribution is 5.86. The molecule has 7 heteroatoms. The van der Waals surface area contributed by atoms with Crippen LogP contribution in [0.3, 0.4) is 0 Å². The van der Waals surface area contributed by atoms with Crippen molar-refractivity contribution in [3.05, 3.63) is 65.7 Å². The molecule has 2 aromatic rings. The summed E-state index contributed by atoms with van der Waals surface area (Å²) in [5, 5.41) is 5.30. The monoisotopic (exact) mass is 412 g/mol. The van der Waals surface area contributed by atoms with Gasteiger partial charge in [-0.15, -0.1) is 0 Å². The van der Waals surface area contributed by atoms with Crippen LogP contribution >= 0.6 is 0 Å². The number of amides is 2. The Balaban J connectivity index is 1.88. The molecule has 0 radical (unpaired) electrons. The fraction of sp³-hybridized carbons (Fsp3) is 0.348. The molecule has 2 N–H and O–H groups in total. The summed E-state index contributed by atoms with van der Waals surface area (Å²) in [6.45, 7) is 5.07. The van der Waals surface area contributed by atoms with Gasteiger partial charge in [0.25, 0.3) is 5.91 Å². The lowest BCUT2D eigenvalue weighted by molar-refractivity contribution is -0.148. The van der Waals surface area contributed by atoms with Crippen molar-refractivity contribution in [2.24, 2.45) is 0 Å². The van der Waals surface area contributed by atoms with E-state index in [9.17, 15) is 14.4 Å². The van der Waals surface area contributed by atoms with Gasteiger partial charge >= 0.3 is 5.97 Å². The first-order valence-electron chi connectivity index (χ1n) is 9.83. The van der Waals surface area contributed by atoms with E-state index in [0.717, 1.165) is 11.1 Å². The SMILES string of the molecule is Cc1ccc(C(CC(=O)OC(C)C)NC(=O)CNC(=O)COc2ccccc2)cc1. The number of hydrogen-bond acceptors (Lipinski definition) is 5. The Morgan fingerprint density at radius 2 is 1.60 bits per heavy atom. The first kappa shape index (κ1) is 22.9. The molecule has 7 nitrogen and oxygen atoms in total. The largest absolute Gasteiger partial charge is 0.484 e. The molecule has 0 saturated heterocycles. The molecule has 2 amide bonds. The van der Waals surface area contributed by atoms with Crippen molar-refractivity contribution >= 4 is 17.8 Å². The van der Waals surface area contributed by atoms with Gasteiger partial charge in [0.1, 0.15) is 5.75 Å². The van der Waals surface area contributed by atoms with Gasteiger partial charge in [0.05, 0.1) is 25.1 Å². The van der Waals surface area contributed by atoms with Crippen LogP contribution in [0.2, 0.25) is 0 Å². The van der Waals surface area contributed by atoms with Crippen LogP contribution in [0.1, 0.15) is 37.4 Å². The number of esters is 1. The van der Waals surface area contributed by atoms with Crippen LogP contribution < -0.4 is 15.4 Å². The second kappa shape index (κ2) is 11.6. The van der Waals surface area contributed by atoms with Gasteiger partial charge < -0.3 is 20.1 Å². The number of rotatable bonds is 10. The summed E-state index contributed by atoms with van der Waals surface area (Å²) < 4.78 is 10.5. The first-order valence-corrected chi connectivity index (χ1v) is 9.83. The Kier molecular flexibility index (Phi) is 8.87. The van der Waals surface area contributed by atoms with Crippen molar-refractivity contribution in [1.82, 2.24) is 10.6 Å². The van der Waals surface area contributed by atoms with E-state index < -0.39 is 23.8 Å². The molecule has 0 aliphatic rings. The number of ether oxygens (including phenoxy) is 2. The average molecular weight is 412 g/mol. The van der Waals surface area contributed by atoms with E-state index in [-0.39, 0.29) is 25.7 Å². The van der Waals surface area contributed by atoms with E-state index >= 15 is 0 Å². The number of nitrogens with one attached hydrogen (secondary N) is 2. The number of para-hydroxylation sites is 1. The van der Waals surface area contributed by atoms with Gasteiger partial charge in [-0.1, -0.05) is 48.0 Å². The Morgan fingerprint density at radius 1 is 0.933 bits per heavy atom. The molecular formula is C23H28N2O5. The van der Waals surface area contributed by atoms with Crippen LogP contribution in [0.25, 0.3) is 0 Å². The second-order valence-corrected chi connectivity index (χ2v) is 7.15. The summed E-state index contributed by atoms with van der Waals surface area (Å²) >= 11 is 0. The summed E-state index contributed by atoms with van der Waals surface area (Å²) in [6.07, 6.45) is -0.242. The zero-order valence-electron chi connectivity index (χ0n) is 17.5. The van der Waals surface area contributed by atoms with Crippen molar-refractivity contribution in [3.63, 3.8) is 0 Å². The maximum Gasteiger partial charge on any atom is 0.308 e. The molecule has 0 fully saturated rings. The van der Waals surface area contributed by atoms with Gasteiger partial charge in [0.15, 0.2) is 6.61 Å². The Labute approximate surface area is 176 Å². The van der Waals surface area contributed by atoms with Crippen molar-refractivity contribution in [1.29, 1.82) is 0 Å². The average Bonchev–Trinajstić information content (AvgIpc) is 2.71. The van der Waals surface area contributed by atoms with Crippen LogP contribution in [-0.2, 0) is 19.1 Å². The van der Waals surface area contributed by atoms with Crippen LogP contribution in [-0.4, -0.2) is 37.0 Å². The number of carbonyl (C=O) groups is 3. The minimum atomic E-state index is -0.554. The molecule has 0 aliphatic heterocycles. The van der Waals surface area contributed by atoms with Gasteiger partial charge in [-0.2, -0.15) is 0 Å². The molecule has 2 aromatic carbocycles. The van der Waals surface area contributed by atoms with E-state index in [1.54, 1.807) is 38.1 Å². The van der Waals surface area contributed by atoms with Crippen molar-refractivity contribution < 1.29 is 23.9 Å². The molecular weight excluding hydrogens is 384 g/mol. The molecule has 1 unspecified atom stereocenters. The molecule has 0 spiro atoms. The van der Waals surface area contributed by atoms with Crippen LogP contribution in [0.4, 0.5) is 0 Å². The molecule has 1 atom stereocenters. The Morgan fingerprint density at radius 3 is 2.23 bits per heavy atom. The minimum absolute atomic E-state index is 0.00194. The zero-order chi connectivity index (χ0) is 21.9. The predicted octanol–water partition coefficient (Wildman–Crippen LogP) is 2.69. The molecule has 0 saturated carbocycles. The van der Waals surface area contributed by atoms with E-state index in [4.69, 9.17) is 9.47 Å². The standard InChI is InChI=1S/C23H28N2O5/c1-16(2)30-23(28)13-20(18-11-9-17(3)10-12-18)25-21(26)14-24-22(27)15-29-19-7-5-4-6-8-19/h4-12,16,20H,13-15H2,1-3H3,(H,24,27)(H,25,26). The molecule has 0 aromatic heterocycles. The van der Waals surface area contributed by atoms with Crippen molar-refractivity contribution in [3.8, 4) is 5.75 Å². The molecule has 30 heavy (non-hydrogen) atoms. The first-order chi connectivity index (χ1) is 14.3. The molecule has 160 valence electrons. The third kappa shape index (κ3) is 8.34. The summed E-state index contributed by atoms with van der Waals surface area (Å²) in [5.74, 6) is -0.664. The normalized spacial score (nSPS) is 11.5. The molecule has 2 rings (SSSR count). The summed E-state index contributed by atoms with van der Waals surface area (Å²) in [7, 11) is 0. The van der Waals surface area contributed by atoms with Gasteiger partial charge in [-0.05, 0) is 38.5 Å². The van der Waals surface area contributed by atoms with E-state index in [2.05, 4.69) is 10.6 Å². The quantitative estimate of drug-likeness (QED) is 0.585. The minimum Gasteiger partial charge on any atom is -0.484 e. The topological polar surface area (TPSA) is 93.7 Å². The molecule has 0 bridgehead atoms. The zero-order valence-corrected chi connectivity index (χ0v) is 17.5. The highest BCUT2D eigenvalue weighted by atomic mass is 16.5. The highest BCUT2D eigenvalue weighted by Gasteiger charge is 2.20. The second-order valence-electron chi connectivity index (χ2n) is 7.15. The predicted molar refractivity (Wildman–Crippen MR) is 113 cm³/mol. The van der Waals surface area contributed by atoms with Crippen LogP contribution in [0.15, 0.2) is 54.6 Å². The van der Waals surface area contributed by atoms with E-state index in [0.29, 0.717) is 5.75 Å². The van der Waals surface area contributed by atoms with Gasteiger partial charge in [-0.3, -0.25) is 14.4 Å². The lowest BCUT2D eigenvalue weighted by Gasteiger charge is -2.20.